The Morgan fingerprint density at radius 1 is 0.882 bits per heavy atom. The molecule has 0 radical (unpaired) electrons. The Morgan fingerprint density at radius 3 is 1.94 bits per heavy atom. The van der Waals surface area contributed by atoms with Crippen LogP contribution in [0.3, 0.4) is 0 Å². The van der Waals surface area contributed by atoms with Crippen LogP contribution in [0.25, 0.3) is 0 Å². The number of hydrogen-bond donors (Lipinski definition) is 2. The Hall–Kier alpha value is -4.11. The minimum absolute atomic E-state index is 0.121. The van der Waals surface area contributed by atoms with Crippen molar-refractivity contribution >= 4 is 11.8 Å². The molecule has 174 valence electrons. The Labute approximate surface area is 200 Å². The van der Waals surface area contributed by atoms with Gasteiger partial charge in [-0.2, -0.15) is 5.26 Å². The standard InChI is InChI=1S/C28H29N3O3/c29-19-9-3-8-14-25(27(30)33)31(20-21-15-17-24(32)18-16-21)28(34)26(22-10-4-1-5-11-22)23-12-6-2-7-13-23/h1-2,4-7,10-13,15-18,25-26,32H,3,8-9,14,20H2,(H2,30,33)/t25-/m1/s1. The third-order valence-electron chi connectivity index (χ3n) is 5.81. The fourth-order valence-electron chi connectivity index (χ4n) is 4.07. The van der Waals surface area contributed by atoms with E-state index < -0.39 is 17.9 Å². The number of unbranched alkanes of at least 4 members (excludes halogenated alkanes) is 2. The molecule has 6 nitrogen and oxygen atoms in total. The molecule has 6 heteroatoms. The van der Waals surface area contributed by atoms with E-state index in [2.05, 4.69) is 6.07 Å². The predicted octanol–water partition coefficient (Wildman–Crippen LogP) is 4.49. The van der Waals surface area contributed by atoms with Gasteiger partial charge in [-0.1, -0.05) is 72.8 Å². The Morgan fingerprint density at radius 2 is 1.44 bits per heavy atom. The van der Waals surface area contributed by atoms with Crippen molar-refractivity contribution in [3.63, 3.8) is 0 Å². The lowest BCUT2D eigenvalue weighted by Crippen LogP contribution is -2.49. The van der Waals surface area contributed by atoms with E-state index >= 15 is 0 Å². The highest BCUT2D eigenvalue weighted by Crippen LogP contribution is 2.29. The van der Waals surface area contributed by atoms with Crippen molar-refractivity contribution in [2.24, 2.45) is 5.73 Å². The van der Waals surface area contributed by atoms with E-state index in [0.717, 1.165) is 16.7 Å². The van der Waals surface area contributed by atoms with Crippen molar-refractivity contribution in [3.05, 3.63) is 102 Å². The molecule has 0 unspecified atom stereocenters. The molecule has 3 rings (SSSR count). The largest absolute Gasteiger partial charge is 0.508 e. The lowest BCUT2D eigenvalue weighted by molar-refractivity contribution is -0.141. The van der Waals surface area contributed by atoms with Crippen LogP contribution in [0.1, 0.15) is 48.3 Å². The molecule has 0 saturated carbocycles. The molecule has 34 heavy (non-hydrogen) atoms. The second-order valence-corrected chi connectivity index (χ2v) is 8.21. The molecule has 3 N–H and O–H groups in total. The highest BCUT2D eigenvalue weighted by Gasteiger charge is 2.34. The first-order chi connectivity index (χ1) is 16.5. The summed E-state index contributed by atoms with van der Waals surface area (Å²) in [5.74, 6) is -1.30. The molecule has 0 spiro atoms. The summed E-state index contributed by atoms with van der Waals surface area (Å²) in [6.45, 7) is 0.168. The summed E-state index contributed by atoms with van der Waals surface area (Å²) in [6.07, 6.45) is 1.98. The number of primary amides is 1. The number of amides is 2. The van der Waals surface area contributed by atoms with Crippen LogP contribution in [0, 0.1) is 11.3 Å². The van der Waals surface area contributed by atoms with Gasteiger partial charge in [0.05, 0.1) is 12.0 Å². The number of nitrogens with two attached hydrogens (primary N) is 1. The zero-order valence-electron chi connectivity index (χ0n) is 19.0. The number of nitriles is 1. The number of nitrogens with zero attached hydrogens (tertiary/aromatic N) is 2. The number of hydrogen-bond acceptors (Lipinski definition) is 4. The van der Waals surface area contributed by atoms with E-state index in [1.54, 1.807) is 29.2 Å². The molecule has 3 aromatic rings. The van der Waals surface area contributed by atoms with Gasteiger partial charge in [0.25, 0.3) is 0 Å². The molecule has 0 aromatic heterocycles. The molecular formula is C28H29N3O3. The number of phenols is 1. The molecule has 0 aliphatic carbocycles. The smallest absolute Gasteiger partial charge is 0.240 e. The van der Waals surface area contributed by atoms with E-state index in [-0.39, 0.29) is 18.2 Å². The third kappa shape index (κ3) is 6.46. The lowest BCUT2D eigenvalue weighted by Gasteiger charge is -2.33. The van der Waals surface area contributed by atoms with Crippen molar-refractivity contribution in [2.75, 3.05) is 0 Å². The van der Waals surface area contributed by atoms with Gasteiger partial charge in [-0.25, -0.2) is 0 Å². The van der Waals surface area contributed by atoms with Gasteiger partial charge in [0, 0.05) is 13.0 Å². The first-order valence-electron chi connectivity index (χ1n) is 11.4. The van der Waals surface area contributed by atoms with Gasteiger partial charge in [0.2, 0.25) is 11.8 Å². The molecule has 3 aromatic carbocycles. The van der Waals surface area contributed by atoms with Gasteiger partial charge in [-0.15, -0.1) is 0 Å². The second kappa shape index (κ2) is 12.2. The summed E-state index contributed by atoms with van der Waals surface area (Å²) in [6, 6.07) is 26.8. The Bertz CT molecular complexity index is 1070. The highest BCUT2D eigenvalue weighted by atomic mass is 16.3. The van der Waals surface area contributed by atoms with E-state index in [1.165, 1.54) is 0 Å². The fraction of sp³-hybridized carbons (Fsp3) is 0.250. The molecule has 0 heterocycles. The topological polar surface area (TPSA) is 107 Å². The van der Waals surface area contributed by atoms with Gasteiger partial charge in [-0.3, -0.25) is 9.59 Å². The zero-order chi connectivity index (χ0) is 24.3. The van der Waals surface area contributed by atoms with E-state index in [4.69, 9.17) is 11.0 Å². The van der Waals surface area contributed by atoms with E-state index in [9.17, 15) is 14.7 Å². The molecular weight excluding hydrogens is 426 g/mol. The maximum atomic E-state index is 14.2. The predicted molar refractivity (Wildman–Crippen MR) is 130 cm³/mol. The molecule has 0 bridgehead atoms. The highest BCUT2D eigenvalue weighted by molar-refractivity contribution is 5.92. The summed E-state index contributed by atoms with van der Waals surface area (Å²) in [7, 11) is 0. The van der Waals surface area contributed by atoms with Crippen LogP contribution in [-0.4, -0.2) is 27.9 Å². The molecule has 2 amide bonds. The van der Waals surface area contributed by atoms with Crippen LogP contribution in [0.5, 0.6) is 5.75 Å². The monoisotopic (exact) mass is 455 g/mol. The summed E-state index contributed by atoms with van der Waals surface area (Å²) >= 11 is 0. The van der Waals surface area contributed by atoms with E-state index in [1.807, 2.05) is 60.7 Å². The molecule has 0 aliphatic heterocycles. The van der Waals surface area contributed by atoms with Crippen LogP contribution in [0.15, 0.2) is 84.9 Å². The maximum Gasteiger partial charge on any atom is 0.240 e. The number of phenolic OH excluding ortho intramolecular Hbond substituents is 1. The summed E-state index contributed by atoms with van der Waals surface area (Å²) in [5.41, 5.74) is 8.22. The van der Waals surface area contributed by atoms with Crippen molar-refractivity contribution in [2.45, 2.75) is 44.2 Å². The van der Waals surface area contributed by atoms with Gasteiger partial charge < -0.3 is 15.7 Å². The number of carbonyl (C=O) groups is 2. The molecule has 1 atom stereocenters. The van der Waals surface area contributed by atoms with Crippen LogP contribution in [-0.2, 0) is 16.1 Å². The first-order valence-corrected chi connectivity index (χ1v) is 11.4. The number of benzene rings is 3. The van der Waals surface area contributed by atoms with Gasteiger partial charge in [-0.05, 0) is 48.1 Å². The summed E-state index contributed by atoms with van der Waals surface area (Å²) in [5, 5.41) is 18.5. The zero-order valence-corrected chi connectivity index (χ0v) is 19.0. The van der Waals surface area contributed by atoms with Crippen molar-refractivity contribution in [1.29, 1.82) is 5.26 Å². The van der Waals surface area contributed by atoms with Gasteiger partial charge in [0.1, 0.15) is 11.8 Å². The van der Waals surface area contributed by atoms with Crippen molar-refractivity contribution in [1.82, 2.24) is 4.90 Å². The van der Waals surface area contributed by atoms with Gasteiger partial charge >= 0.3 is 0 Å². The Kier molecular flexibility index (Phi) is 8.81. The quantitative estimate of drug-likeness (QED) is 0.415. The SMILES string of the molecule is N#CCCCC[C@H](C(N)=O)N(Cc1ccc(O)cc1)C(=O)C(c1ccccc1)c1ccccc1. The van der Waals surface area contributed by atoms with E-state index in [0.29, 0.717) is 25.7 Å². The normalized spacial score (nSPS) is 11.5. The van der Waals surface area contributed by atoms with Crippen LogP contribution in [0.2, 0.25) is 0 Å². The third-order valence-corrected chi connectivity index (χ3v) is 5.81. The fourth-order valence-corrected chi connectivity index (χ4v) is 4.07. The van der Waals surface area contributed by atoms with Gasteiger partial charge in [0.15, 0.2) is 0 Å². The average molecular weight is 456 g/mol. The minimum atomic E-state index is -0.824. The van der Waals surface area contributed by atoms with Crippen molar-refractivity contribution < 1.29 is 14.7 Å². The molecule has 0 saturated heterocycles. The summed E-state index contributed by atoms with van der Waals surface area (Å²) in [4.78, 5) is 28.3. The molecule has 0 aliphatic rings. The maximum absolute atomic E-state index is 14.2. The number of rotatable bonds is 11. The second-order valence-electron chi connectivity index (χ2n) is 8.21. The van der Waals surface area contributed by atoms with Crippen LogP contribution >= 0.6 is 0 Å². The average Bonchev–Trinajstić information content (AvgIpc) is 2.85. The number of carbonyl (C=O) groups excluding carboxylic acids is 2. The summed E-state index contributed by atoms with van der Waals surface area (Å²) < 4.78 is 0. The van der Waals surface area contributed by atoms with Crippen LogP contribution in [0.4, 0.5) is 0 Å². The number of aromatic hydroxyl groups is 1. The Balaban J connectivity index is 2.02. The molecule has 0 fully saturated rings. The minimum Gasteiger partial charge on any atom is -0.508 e. The van der Waals surface area contributed by atoms with Crippen molar-refractivity contribution in [3.8, 4) is 11.8 Å². The van der Waals surface area contributed by atoms with Crippen LogP contribution < -0.4 is 5.73 Å². The first kappa shape index (κ1) is 24.5. The lowest BCUT2D eigenvalue weighted by atomic mass is 9.89.